The number of aryl methyl sites for hydroxylation is 1. The molecule has 5 N–H and O–H groups in total. The van der Waals surface area contributed by atoms with Gasteiger partial charge >= 0.3 is 0 Å². The van der Waals surface area contributed by atoms with E-state index in [1.165, 1.54) is 16.2 Å². The highest BCUT2D eigenvalue weighted by atomic mass is 32.1. The van der Waals surface area contributed by atoms with E-state index >= 15 is 0 Å². The van der Waals surface area contributed by atoms with E-state index in [1.807, 2.05) is 25.1 Å². The molecule has 1 aliphatic heterocycles. The number of aliphatic hydroxyl groups is 1. The number of thiazole rings is 1. The predicted octanol–water partition coefficient (Wildman–Crippen LogP) is 2.10. The van der Waals surface area contributed by atoms with Gasteiger partial charge in [-0.2, -0.15) is 0 Å². The Morgan fingerprint density at radius 1 is 1.17 bits per heavy atom. The van der Waals surface area contributed by atoms with Gasteiger partial charge in [-0.3, -0.25) is 14.4 Å². The number of ether oxygens (including phenoxy) is 3. The molecule has 0 spiro atoms. The average molecular weight is 664 g/mol. The Morgan fingerprint density at radius 2 is 1.87 bits per heavy atom. The summed E-state index contributed by atoms with van der Waals surface area (Å²) in [4.78, 5) is 46.4. The molecule has 1 saturated heterocycles. The molecule has 0 radical (unpaired) electrons. The molecule has 1 saturated carbocycles. The molecule has 14 heteroatoms. The molecule has 1 aromatic carbocycles. The quantitative estimate of drug-likeness (QED) is 0.197. The van der Waals surface area contributed by atoms with Crippen molar-refractivity contribution >= 4 is 29.1 Å². The van der Waals surface area contributed by atoms with Crippen molar-refractivity contribution in [1.29, 1.82) is 0 Å². The largest absolute Gasteiger partial charge is 0.491 e. The fraction of sp³-hybridized carbons (Fsp3) is 0.625. The number of halogens is 1. The maximum Gasteiger partial charge on any atom is 0.258 e. The first kappa shape index (κ1) is 35.7. The van der Waals surface area contributed by atoms with E-state index in [0.29, 0.717) is 44.3 Å². The van der Waals surface area contributed by atoms with E-state index in [2.05, 4.69) is 15.6 Å². The lowest BCUT2D eigenvalue weighted by atomic mass is 9.85. The van der Waals surface area contributed by atoms with Crippen LogP contribution >= 0.6 is 11.3 Å². The van der Waals surface area contributed by atoms with E-state index in [0.717, 1.165) is 16.1 Å². The Kier molecular flexibility index (Phi) is 12.1. The van der Waals surface area contributed by atoms with Gasteiger partial charge in [0.25, 0.3) is 5.91 Å². The molecule has 2 aromatic rings. The first-order valence-corrected chi connectivity index (χ1v) is 16.5. The van der Waals surface area contributed by atoms with Gasteiger partial charge in [-0.15, -0.1) is 11.3 Å². The van der Waals surface area contributed by atoms with Gasteiger partial charge in [0.1, 0.15) is 24.4 Å². The lowest BCUT2D eigenvalue weighted by Gasteiger charge is -2.35. The molecule has 2 aliphatic rings. The minimum Gasteiger partial charge on any atom is -0.491 e. The maximum atomic E-state index is 14.5. The number of amides is 3. The summed E-state index contributed by atoms with van der Waals surface area (Å²) < 4.78 is 31.5. The van der Waals surface area contributed by atoms with E-state index in [1.54, 1.807) is 26.3 Å². The number of benzene rings is 1. The minimum atomic E-state index is -1.95. The number of hydrogen-bond acceptors (Lipinski definition) is 10. The van der Waals surface area contributed by atoms with Crippen LogP contribution in [-0.4, -0.2) is 103 Å². The van der Waals surface area contributed by atoms with Gasteiger partial charge in [0.05, 0.1) is 48.6 Å². The van der Waals surface area contributed by atoms with Crippen LogP contribution in [-0.2, 0) is 30.4 Å². The standard InChI is InChI=1S/C32H46FN5O7S/c1-20-26(46-19-36-20)21-5-6-22(25(15-21)45-14-13-44-12-11-43-10-9-34)17-35-28(40)24-16-23(39)18-38(24)29(41)27(31(2,3)4)37-30(42)32(33)7-8-32/h5-6,15,19,23-24,27,39H,7-14,16-18,34H2,1-4H3,(H,35,40)(H,37,42)/t23-,24+,27-/m1/s1. The fourth-order valence-corrected chi connectivity index (χ4v) is 5.99. The third kappa shape index (κ3) is 9.22. The molecular weight excluding hydrogens is 617 g/mol. The number of carbonyl (C=O) groups is 3. The van der Waals surface area contributed by atoms with Crippen LogP contribution in [0.4, 0.5) is 4.39 Å². The normalized spacial score (nSPS) is 19.5. The summed E-state index contributed by atoms with van der Waals surface area (Å²) in [5.74, 6) is -1.26. The Labute approximate surface area is 273 Å². The third-order valence-electron chi connectivity index (χ3n) is 8.00. The number of carbonyl (C=O) groups excluding carboxylic acids is 3. The zero-order valence-corrected chi connectivity index (χ0v) is 27.8. The van der Waals surface area contributed by atoms with Crippen molar-refractivity contribution in [2.45, 2.75) is 77.4 Å². The smallest absolute Gasteiger partial charge is 0.258 e. The number of nitrogens with zero attached hydrogens (tertiary/aromatic N) is 2. The highest BCUT2D eigenvalue weighted by molar-refractivity contribution is 7.13. The van der Waals surface area contributed by atoms with Crippen molar-refractivity contribution in [3.05, 3.63) is 35.0 Å². The molecule has 0 bridgehead atoms. The first-order valence-electron chi connectivity index (χ1n) is 15.6. The molecule has 3 amide bonds. The van der Waals surface area contributed by atoms with Crippen LogP contribution in [0.5, 0.6) is 5.75 Å². The molecule has 254 valence electrons. The summed E-state index contributed by atoms with van der Waals surface area (Å²) in [6.07, 6.45) is -0.654. The van der Waals surface area contributed by atoms with Crippen LogP contribution in [0.2, 0.25) is 0 Å². The predicted molar refractivity (Wildman–Crippen MR) is 171 cm³/mol. The van der Waals surface area contributed by atoms with Crippen LogP contribution in [0.3, 0.4) is 0 Å². The van der Waals surface area contributed by atoms with Gasteiger partial charge < -0.3 is 40.6 Å². The summed E-state index contributed by atoms with van der Waals surface area (Å²) in [5.41, 5.74) is 7.00. The Hall–Kier alpha value is -3.17. The molecular formula is C32H46FN5O7S. The molecule has 46 heavy (non-hydrogen) atoms. The molecule has 12 nitrogen and oxygen atoms in total. The molecule has 2 heterocycles. The highest BCUT2D eigenvalue weighted by Gasteiger charge is 2.53. The molecule has 4 rings (SSSR count). The van der Waals surface area contributed by atoms with Crippen LogP contribution < -0.4 is 21.1 Å². The topological polar surface area (TPSA) is 165 Å². The lowest BCUT2D eigenvalue weighted by molar-refractivity contribution is -0.145. The summed E-state index contributed by atoms with van der Waals surface area (Å²) in [7, 11) is 0. The van der Waals surface area contributed by atoms with Gasteiger partial charge in [0.15, 0.2) is 5.67 Å². The van der Waals surface area contributed by atoms with Crippen molar-refractivity contribution < 1.29 is 38.1 Å². The van der Waals surface area contributed by atoms with Crippen LogP contribution in [0.25, 0.3) is 10.4 Å². The van der Waals surface area contributed by atoms with Crippen LogP contribution in [0.1, 0.15) is 51.3 Å². The number of alkyl halides is 1. The minimum absolute atomic E-state index is 0.0364. The summed E-state index contributed by atoms with van der Waals surface area (Å²) in [6.45, 7) is 9.58. The zero-order valence-electron chi connectivity index (χ0n) is 27.0. The number of aliphatic hydroxyl groups excluding tert-OH is 1. The first-order chi connectivity index (χ1) is 21.8. The number of rotatable bonds is 16. The number of likely N-dealkylation sites (tertiary alicyclic amines) is 1. The van der Waals surface area contributed by atoms with Crippen LogP contribution in [0, 0.1) is 12.3 Å². The van der Waals surface area contributed by atoms with Gasteiger partial charge in [-0.05, 0) is 36.8 Å². The Bertz CT molecular complexity index is 1360. The highest BCUT2D eigenvalue weighted by Crippen LogP contribution is 2.40. The van der Waals surface area contributed by atoms with Crippen molar-refractivity contribution in [2.75, 3.05) is 46.1 Å². The monoisotopic (exact) mass is 663 g/mol. The second kappa shape index (κ2) is 15.6. The molecule has 0 unspecified atom stereocenters. The number of nitrogens with two attached hydrogens (primary N) is 1. The van der Waals surface area contributed by atoms with Crippen molar-refractivity contribution in [3.8, 4) is 16.2 Å². The summed E-state index contributed by atoms with van der Waals surface area (Å²) in [6, 6.07) is 3.65. The average Bonchev–Trinajstić information content (AvgIpc) is 3.42. The number of β-amino-alcohol motifs (C(OH)–C–C–N with tert-alkyl or cyclic N) is 1. The molecule has 2 fully saturated rings. The van der Waals surface area contributed by atoms with Crippen molar-refractivity contribution in [3.63, 3.8) is 0 Å². The Morgan fingerprint density at radius 3 is 2.50 bits per heavy atom. The van der Waals surface area contributed by atoms with E-state index < -0.39 is 47.0 Å². The van der Waals surface area contributed by atoms with Gasteiger partial charge in [-0.25, -0.2) is 9.37 Å². The van der Waals surface area contributed by atoms with Gasteiger partial charge in [0, 0.05) is 31.6 Å². The Balaban J connectivity index is 1.43. The van der Waals surface area contributed by atoms with Crippen LogP contribution in [0.15, 0.2) is 23.7 Å². The lowest BCUT2D eigenvalue weighted by Crippen LogP contribution is -2.59. The van der Waals surface area contributed by atoms with Gasteiger partial charge in [0.2, 0.25) is 11.8 Å². The second-order valence-electron chi connectivity index (χ2n) is 12.8. The number of nitrogens with one attached hydrogen (secondary N) is 2. The fourth-order valence-electron chi connectivity index (χ4n) is 5.19. The summed E-state index contributed by atoms with van der Waals surface area (Å²) >= 11 is 1.52. The van der Waals surface area contributed by atoms with Crippen molar-refractivity contribution in [2.24, 2.45) is 11.1 Å². The molecule has 1 aliphatic carbocycles. The van der Waals surface area contributed by atoms with Crippen molar-refractivity contribution in [1.82, 2.24) is 20.5 Å². The molecule has 1 aromatic heterocycles. The molecule has 3 atom stereocenters. The SMILES string of the molecule is Cc1ncsc1-c1ccc(CNC(=O)[C@@H]2C[C@@H](O)CN2C(=O)[C@@H](NC(=O)C2(F)CC2)C(C)(C)C)c(OCCOCCOCCN)c1. The second-order valence-corrected chi connectivity index (χ2v) is 13.7. The zero-order chi connectivity index (χ0) is 33.5. The maximum absolute atomic E-state index is 14.5. The van der Waals surface area contributed by atoms with Gasteiger partial charge in [-0.1, -0.05) is 32.9 Å². The number of hydrogen-bond donors (Lipinski definition) is 4. The van der Waals surface area contributed by atoms with E-state index in [4.69, 9.17) is 19.9 Å². The van der Waals surface area contributed by atoms with E-state index in [9.17, 15) is 23.9 Å². The number of aromatic nitrogens is 1. The van der Waals surface area contributed by atoms with E-state index in [-0.39, 0.29) is 39.0 Å². The summed E-state index contributed by atoms with van der Waals surface area (Å²) in [5, 5.41) is 15.9. The third-order valence-corrected chi connectivity index (χ3v) is 8.97.